The molecule has 1 nitrogen and oxygen atoms in total. The molecule has 0 radical (unpaired) electrons. The Morgan fingerprint density at radius 1 is 1.43 bits per heavy atom. The average Bonchev–Trinajstić information content (AvgIpc) is 2.19. The highest BCUT2D eigenvalue weighted by molar-refractivity contribution is 9.10. The molecule has 0 heterocycles. The van der Waals surface area contributed by atoms with E-state index >= 15 is 0 Å². The van der Waals surface area contributed by atoms with Crippen molar-refractivity contribution in [2.45, 2.75) is 32.2 Å². The summed E-state index contributed by atoms with van der Waals surface area (Å²) < 4.78 is 1.16. The molecule has 14 heavy (non-hydrogen) atoms. The SMILES string of the molecule is CCC(c1cccc(Br)c1)C(C)NC. The fraction of sp³-hybridized carbons (Fsp3) is 0.500. The van der Waals surface area contributed by atoms with Gasteiger partial charge in [-0.05, 0) is 44.0 Å². The van der Waals surface area contributed by atoms with Gasteiger partial charge in [0, 0.05) is 10.5 Å². The zero-order chi connectivity index (χ0) is 10.6. The zero-order valence-electron chi connectivity index (χ0n) is 9.05. The number of hydrogen-bond acceptors (Lipinski definition) is 1. The van der Waals surface area contributed by atoms with Crippen LogP contribution in [0.3, 0.4) is 0 Å². The Balaban J connectivity index is 2.89. The molecule has 1 aromatic carbocycles. The maximum Gasteiger partial charge on any atom is 0.0178 e. The average molecular weight is 256 g/mol. The summed E-state index contributed by atoms with van der Waals surface area (Å²) in [7, 11) is 2.02. The van der Waals surface area contributed by atoms with Gasteiger partial charge in [0.05, 0.1) is 0 Å². The largest absolute Gasteiger partial charge is 0.317 e. The van der Waals surface area contributed by atoms with Gasteiger partial charge in [-0.3, -0.25) is 0 Å². The molecule has 78 valence electrons. The van der Waals surface area contributed by atoms with Crippen LogP contribution in [0, 0.1) is 0 Å². The van der Waals surface area contributed by atoms with E-state index in [1.807, 2.05) is 7.05 Å². The van der Waals surface area contributed by atoms with Crippen LogP contribution in [0.15, 0.2) is 28.7 Å². The molecule has 0 saturated carbocycles. The molecule has 2 atom stereocenters. The van der Waals surface area contributed by atoms with Gasteiger partial charge < -0.3 is 5.32 Å². The molecule has 0 aromatic heterocycles. The minimum atomic E-state index is 0.522. The Kier molecular flexibility index (Phi) is 4.63. The highest BCUT2D eigenvalue weighted by Crippen LogP contribution is 2.25. The van der Waals surface area contributed by atoms with E-state index in [9.17, 15) is 0 Å². The van der Waals surface area contributed by atoms with Crippen molar-refractivity contribution in [3.8, 4) is 0 Å². The quantitative estimate of drug-likeness (QED) is 0.868. The van der Waals surface area contributed by atoms with Crippen molar-refractivity contribution in [2.75, 3.05) is 7.05 Å². The standard InChI is InChI=1S/C12H18BrN/c1-4-12(9(2)14-3)10-6-5-7-11(13)8-10/h5-9,12,14H,4H2,1-3H3. The summed E-state index contributed by atoms with van der Waals surface area (Å²) in [5.74, 6) is 0.595. The molecule has 0 fully saturated rings. The fourth-order valence-electron chi connectivity index (χ4n) is 1.82. The van der Waals surface area contributed by atoms with Crippen LogP contribution in [0.25, 0.3) is 0 Å². The Morgan fingerprint density at radius 2 is 2.14 bits per heavy atom. The minimum Gasteiger partial charge on any atom is -0.317 e. The molecule has 1 N–H and O–H groups in total. The van der Waals surface area contributed by atoms with Gasteiger partial charge in [0.15, 0.2) is 0 Å². The highest BCUT2D eigenvalue weighted by atomic mass is 79.9. The van der Waals surface area contributed by atoms with Crippen molar-refractivity contribution in [3.63, 3.8) is 0 Å². The second-order valence-electron chi connectivity index (χ2n) is 3.65. The lowest BCUT2D eigenvalue weighted by molar-refractivity contribution is 0.483. The van der Waals surface area contributed by atoms with Crippen LogP contribution in [-0.4, -0.2) is 13.1 Å². The van der Waals surface area contributed by atoms with E-state index in [1.165, 1.54) is 12.0 Å². The Bertz CT molecular complexity index is 285. The first-order valence-corrected chi connectivity index (χ1v) is 5.91. The first-order chi connectivity index (χ1) is 6.69. The summed E-state index contributed by atoms with van der Waals surface area (Å²) in [6.45, 7) is 4.47. The van der Waals surface area contributed by atoms with Crippen LogP contribution in [0.2, 0.25) is 0 Å². The molecule has 2 heteroatoms. The lowest BCUT2D eigenvalue weighted by atomic mass is 9.90. The number of nitrogens with one attached hydrogen (secondary N) is 1. The van der Waals surface area contributed by atoms with E-state index in [-0.39, 0.29) is 0 Å². The van der Waals surface area contributed by atoms with E-state index in [0.717, 1.165) is 4.47 Å². The topological polar surface area (TPSA) is 12.0 Å². The summed E-state index contributed by atoms with van der Waals surface area (Å²) in [4.78, 5) is 0. The zero-order valence-corrected chi connectivity index (χ0v) is 10.6. The molecular formula is C12H18BrN. The van der Waals surface area contributed by atoms with Crippen molar-refractivity contribution >= 4 is 15.9 Å². The lowest BCUT2D eigenvalue weighted by Gasteiger charge is -2.22. The van der Waals surface area contributed by atoms with E-state index < -0.39 is 0 Å². The van der Waals surface area contributed by atoms with Crippen molar-refractivity contribution in [3.05, 3.63) is 34.3 Å². The number of benzene rings is 1. The smallest absolute Gasteiger partial charge is 0.0178 e. The van der Waals surface area contributed by atoms with Crippen LogP contribution in [0.5, 0.6) is 0 Å². The number of hydrogen-bond donors (Lipinski definition) is 1. The molecule has 0 spiro atoms. The predicted molar refractivity (Wildman–Crippen MR) is 65.7 cm³/mol. The van der Waals surface area contributed by atoms with Gasteiger partial charge in [-0.1, -0.05) is 35.0 Å². The predicted octanol–water partition coefficient (Wildman–Crippen LogP) is 3.55. The van der Waals surface area contributed by atoms with E-state index in [0.29, 0.717) is 12.0 Å². The molecule has 1 rings (SSSR count). The van der Waals surface area contributed by atoms with Crippen molar-refractivity contribution in [1.29, 1.82) is 0 Å². The van der Waals surface area contributed by atoms with E-state index in [1.54, 1.807) is 0 Å². The van der Waals surface area contributed by atoms with E-state index in [4.69, 9.17) is 0 Å². The third-order valence-corrected chi connectivity index (χ3v) is 3.27. The molecule has 0 saturated heterocycles. The van der Waals surface area contributed by atoms with Gasteiger partial charge in [0.2, 0.25) is 0 Å². The van der Waals surface area contributed by atoms with Gasteiger partial charge in [0.25, 0.3) is 0 Å². The second kappa shape index (κ2) is 5.52. The summed E-state index contributed by atoms with van der Waals surface area (Å²) in [5.41, 5.74) is 1.41. The molecule has 0 aliphatic carbocycles. The maximum atomic E-state index is 3.51. The molecular weight excluding hydrogens is 238 g/mol. The summed E-state index contributed by atoms with van der Waals surface area (Å²) in [6, 6.07) is 9.11. The van der Waals surface area contributed by atoms with Crippen molar-refractivity contribution in [1.82, 2.24) is 5.32 Å². The van der Waals surface area contributed by atoms with Gasteiger partial charge in [-0.15, -0.1) is 0 Å². The Hall–Kier alpha value is -0.340. The number of likely N-dealkylation sites (N-methyl/N-ethyl adjacent to an activating group) is 1. The van der Waals surface area contributed by atoms with Crippen LogP contribution < -0.4 is 5.32 Å². The minimum absolute atomic E-state index is 0.522. The van der Waals surface area contributed by atoms with Crippen LogP contribution in [0.1, 0.15) is 31.7 Å². The third-order valence-electron chi connectivity index (χ3n) is 2.78. The van der Waals surface area contributed by atoms with Crippen LogP contribution in [-0.2, 0) is 0 Å². The van der Waals surface area contributed by atoms with Crippen LogP contribution in [0.4, 0.5) is 0 Å². The molecule has 0 aliphatic rings. The molecule has 1 aromatic rings. The molecule has 0 aliphatic heterocycles. The number of rotatable bonds is 4. The molecule has 2 unspecified atom stereocenters. The van der Waals surface area contributed by atoms with Gasteiger partial charge >= 0.3 is 0 Å². The Morgan fingerprint density at radius 3 is 2.64 bits per heavy atom. The van der Waals surface area contributed by atoms with Crippen molar-refractivity contribution in [2.24, 2.45) is 0 Å². The molecule has 0 amide bonds. The lowest BCUT2D eigenvalue weighted by Crippen LogP contribution is -2.28. The van der Waals surface area contributed by atoms with Crippen LogP contribution >= 0.6 is 15.9 Å². The monoisotopic (exact) mass is 255 g/mol. The summed E-state index contributed by atoms with van der Waals surface area (Å²) >= 11 is 3.51. The third kappa shape index (κ3) is 2.82. The van der Waals surface area contributed by atoms with Gasteiger partial charge in [-0.25, -0.2) is 0 Å². The highest BCUT2D eigenvalue weighted by Gasteiger charge is 2.15. The maximum absolute atomic E-state index is 3.51. The summed E-state index contributed by atoms with van der Waals surface area (Å²) in [6.07, 6.45) is 1.17. The fourth-order valence-corrected chi connectivity index (χ4v) is 2.23. The molecule has 0 bridgehead atoms. The summed E-state index contributed by atoms with van der Waals surface area (Å²) in [5, 5.41) is 3.32. The Labute approximate surface area is 95.0 Å². The normalized spacial score (nSPS) is 15.1. The van der Waals surface area contributed by atoms with Crippen molar-refractivity contribution < 1.29 is 0 Å². The van der Waals surface area contributed by atoms with Gasteiger partial charge in [-0.2, -0.15) is 0 Å². The first kappa shape index (κ1) is 11.7. The van der Waals surface area contributed by atoms with E-state index in [2.05, 4.69) is 59.4 Å². The number of halogens is 1. The first-order valence-electron chi connectivity index (χ1n) is 5.11. The second-order valence-corrected chi connectivity index (χ2v) is 4.56. The van der Waals surface area contributed by atoms with Gasteiger partial charge in [0.1, 0.15) is 0 Å².